The number of nitrogens with zero attached hydrogens (tertiary/aromatic N) is 4. The van der Waals surface area contributed by atoms with E-state index in [9.17, 15) is 9.59 Å². The lowest BCUT2D eigenvalue weighted by Crippen LogP contribution is -2.25. The van der Waals surface area contributed by atoms with E-state index in [1.54, 1.807) is 38.5 Å². The maximum Gasteiger partial charge on any atom is 0.274 e. The fourth-order valence-corrected chi connectivity index (χ4v) is 2.19. The highest BCUT2D eigenvalue weighted by Gasteiger charge is 2.19. The van der Waals surface area contributed by atoms with Gasteiger partial charge in [0.1, 0.15) is 11.5 Å². The molecule has 2 N–H and O–H groups in total. The summed E-state index contributed by atoms with van der Waals surface area (Å²) in [7, 11) is 3.33. The van der Waals surface area contributed by atoms with Crippen LogP contribution in [0.3, 0.4) is 0 Å². The average molecular weight is 328 g/mol. The molecule has 0 aliphatic carbocycles. The first-order chi connectivity index (χ1) is 11.5. The van der Waals surface area contributed by atoms with Gasteiger partial charge in [0.25, 0.3) is 11.8 Å². The van der Waals surface area contributed by atoms with Crippen LogP contribution >= 0.6 is 0 Å². The van der Waals surface area contributed by atoms with Gasteiger partial charge in [0.2, 0.25) is 0 Å². The molecule has 0 fully saturated rings. The van der Waals surface area contributed by atoms with Gasteiger partial charge in [-0.2, -0.15) is 10.2 Å². The van der Waals surface area contributed by atoms with Crippen LogP contribution in [0.25, 0.3) is 0 Å². The quantitative estimate of drug-likeness (QED) is 0.724. The number of hydrogen-bond donors (Lipinski definition) is 2. The predicted molar refractivity (Wildman–Crippen MR) is 84.2 cm³/mol. The van der Waals surface area contributed by atoms with E-state index in [2.05, 4.69) is 20.8 Å². The second-order valence-corrected chi connectivity index (χ2v) is 5.12. The summed E-state index contributed by atoms with van der Waals surface area (Å²) < 4.78 is 8.07. The van der Waals surface area contributed by atoms with E-state index >= 15 is 0 Å². The minimum absolute atomic E-state index is 0.125. The molecule has 3 aromatic heterocycles. The Morgan fingerprint density at radius 3 is 2.75 bits per heavy atom. The molecule has 0 atom stereocenters. The second kappa shape index (κ2) is 6.41. The lowest BCUT2D eigenvalue weighted by Gasteiger charge is -2.06. The molecule has 0 aromatic carbocycles. The van der Waals surface area contributed by atoms with Crippen LogP contribution in [0.4, 0.5) is 5.69 Å². The summed E-state index contributed by atoms with van der Waals surface area (Å²) in [6.45, 7) is 0.234. The summed E-state index contributed by atoms with van der Waals surface area (Å²) in [5.41, 5.74) is 0.820. The van der Waals surface area contributed by atoms with E-state index in [0.717, 1.165) is 0 Å². The van der Waals surface area contributed by atoms with E-state index in [1.807, 2.05) is 0 Å². The van der Waals surface area contributed by atoms with E-state index in [-0.39, 0.29) is 18.1 Å². The normalized spacial score (nSPS) is 10.6. The Kier molecular flexibility index (Phi) is 4.15. The smallest absolute Gasteiger partial charge is 0.274 e. The number of carbonyl (C=O) groups is 2. The van der Waals surface area contributed by atoms with Gasteiger partial charge in [-0.15, -0.1) is 0 Å². The zero-order valence-electron chi connectivity index (χ0n) is 13.2. The molecular weight excluding hydrogens is 312 g/mol. The first-order valence-electron chi connectivity index (χ1n) is 7.18. The molecular formula is C15H16N6O3. The molecule has 2 amide bonds. The Labute approximate surface area is 137 Å². The van der Waals surface area contributed by atoms with Crippen molar-refractivity contribution in [1.82, 2.24) is 24.9 Å². The standard InChI is InChI=1S/C15H16N6O3/c1-20-9-11(18-14(22)12-5-6-17-21(12)2)13(19-20)15(23)16-8-10-4-3-7-24-10/h3-7,9H,8H2,1-2H3,(H,16,23)(H,18,22). The van der Waals surface area contributed by atoms with Crippen molar-refractivity contribution in [1.29, 1.82) is 0 Å². The van der Waals surface area contributed by atoms with Crippen molar-refractivity contribution in [3.8, 4) is 0 Å². The highest BCUT2D eigenvalue weighted by Crippen LogP contribution is 2.15. The monoisotopic (exact) mass is 328 g/mol. The first-order valence-corrected chi connectivity index (χ1v) is 7.18. The van der Waals surface area contributed by atoms with Crippen molar-refractivity contribution in [2.24, 2.45) is 14.1 Å². The van der Waals surface area contributed by atoms with Gasteiger partial charge in [-0.05, 0) is 18.2 Å². The maximum absolute atomic E-state index is 12.3. The number of anilines is 1. The third-order valence-electron chi connectivity index (χ3n) is 3.35. The van der Waals surface area contributed by atoms with Gasteiger partial charge in [0.05, 0.1) is 18.5 Å². The molecule has 24 heavy (non-hydrogen) atoms. The van der Waals surface area contributed by atoms with Gasteiger partial charge in [0.15, 0.2) is 5.69 Å². The minimum Gasteiger partial charge on any atom is -0.467 e. The van der Waals surface area contributed by atoms with Gasteiger partial charge in [-0.25, -0.2) is 0 Å². The molecule has 9 heteroatoms. The van der Waals surface area contributed by atoms with Crippen molar-refractivity contribution in [3.63, 3.8) is 0 Å². The largest absolute Gasteiger partial charge is 0.467 e. The molecule has 0 radical (unpaired) electrons. The van der Waals surface area contributed by atoms with E-state index in [4.69, 9.17) is 4.42 Å². The van der Waals surface area contributed by atoms with Crippen LogP contribution in [0.15, 0.2) is 41.3 Å². The molecule has 3 heterocycles. The molecule has 0 saturated carbocycles. The fraction of sp³-hybridized carbons (Fsp3) is 0.200. The van der Waals surface area contributed by atoms with Gasteiger partial charge >= 0.3 is 0 Å². The number of rotatable bonds is 5. The van der Waals surface area contributed by atoms with Crippen LogP contribution in [0.2, 0.25) is 0 Å². The molecule has 124 valence electrons. The van der Waals surface area contributed by atoms with Crippen molar-refractivity contribution in [2.45, 2.75) is 6.54 Å². The number of aryl methyl sites for hydroxylation is 2. The highest BCUT2D eigenvalue weighted by molar-refractivity contribution is 6.07. The maximum atomic E-state index is 12.3. The van der Waals surface area contributed by atoms with Crippen molar-refractivity contribution >= 4 is 17.5 Å². The molecule has 0 saturated heterocycles. The Morgan fingerprint density at radius 1 is 1.25 bits per heavy atom. The zero-order valence-corrected chi connectivity index (χ0v) is 13.2. The van der Waals surface area contributed by atoms with Crippen molar-refractivity contribution in [3.05, 3.63) is 54.0 Å². The van der Waals surface area contributed by atoms with Gasteiger partial charge in [-0.1, -0.05) is 0 Å². The lowest BCUT2D eigenvalue weighted by atomic mass is 10.3. The number of nitrogens with one attached hydrogen (secondary N) is 2. The van der Waals surface area contributed by atoms with Crippen LogP contribution < -0.4 is 10.6 Å². The molecule has 3 rings (SSSR count). The van der Waals surface area contributed by atoms with Crippen molar-refractivity contribution < 1.29 is 14.0 Å². The van der Waals surface area contributed by atoms with Gasteiger partial charge < -0.3 is 15.1 Å². The number of hydrogen-bond acceptors (Lipinski definition) is 5. The third kappa shape index (κ3) is 3.19. The molecule has 0 aliphatic heterocycles. The molecule has 0 aliphatic rings. The topological polar surface area (TPSA) is 107 Å². The predicted octanol–water partition coefficient (Wildman–Crippen LogP) is 0.929. The van der Waals surface area contributed by atoms with Crippen LogP contribution in [0, 0.1) is 0 Å². The Morgan fingerprint density at radius 2 is 2.08 bits per heavy atom. The number of amides is 2. The summed E-state index contributed by atoms with van der Waals surface area (Å²) in [5, 5.41) is 13.4. The van der Waals surface area contributed by atoms with Gasteiger partial charge in [0, 0.05) is 26.5 Å². The summed E-state index contributed by atoms with van der Waals surface area (Å²) in [4.78, 5) is 24.6. The zero-order chi connectivity index (χ0) is 17.1. The van der Waals surface area contributed by atoms with Crippen molar-refractivity contribution in [2.75, 3.05) is 5.32 Å². The van der Waals surface area contributed by atoms with E-state index in [0.29, 0.717) is 17.1 Å². The fourth-order valence-electron chi connectivity index (χ4n) is 2.19. The summed E-state index contributed by atoms with van der Waals surface area (Å²) >= 11 is 0. The molecule has 3 aromatic rings. The van der Waals surface area contributed by atoms with E-state index < -0.39 is 5.91 Å². The average Bonchev–Trinajstić information content (AvgIpc) is 3.26. The number of furan rings is 1. The summed E-state index contributed by atoms with van der Waals surface area (Å²) in [6, 6.07) is 5.08. The molecule has 0 spiro atoms. The first kappa shape index (κ1) is 15.5. The van der Waals surface area contributed by atoms with E-state index in [1.165, 1.54) is 21.8 Å². The number of aromatic nitrogens is 4. The molecule has 0 bridgehead atoms. The van der Waals surface area contributed by atoms with Crippen LogP contribution in [0.5, 0.6) is 0 Å². The van der Waals surface area contributed by atoms with Crippen LogP contribution in [-0.4, -0.2) is 31.4 Å². The number of carbonyl (C=O) groups excluding carboxylic acids is 2. The van der Waals surface area contributed by atoms with Gasteiger partial charge in [-0.3, -0.25) is 19.0 Å². The highest BCUT2D eigenvalue weighted by atomic mass is 16.3. The third-order valence-corrected chi connectivity index (χ3v) is 3.35. The Balaban J connectivity index is 1.74. The molecule has 0 unspecified atom stereocenters. The SMILES string of the molecule is Cn1cc(NC(=O)c2ccnn2C)c(C(=O)NCc2ccco2)n1. The minimum atomic E-state index is -0.410. The lowest BCUT2D eigenvalue weighted by molar-refractivity contribution is 0.0943. The van der Waals surface area contributed by atoms with Crippen LogP contribution in [-0.2, 0) is 20.6 Å². The summed E-state index contributed by atoms with van der Waals surface area (Å²) in [6.07, 6.45) is 4.62. The Hall–Kier alpha value is -3.36. The summed E-state index contributed by atoms with van der Waals surface area (Å²) in [5.74, 6) is -0.157. The molecule has 9 nitrogen and oxygen atoms in total. The second-order valence-electron chi connectivity index (χ2n) is 5.12. The van der Waals surface area contributed by atoms with Crippen LogP contribution in [0.1, 0.15) is 26.7 Å². The Bertz CT molecular complexity index is 862.